The molecular formula is C16H29NO2. The van der Waals surface area contributed by atoms with Gasteiger partial charge in [0.15, 0.2) is 6.26 Å². The summed E-state index contributed by atoms with van der Waals surface area (Å²) in [6.07, 6.45) is 11.5. The third-order valence-electron chi connectivity index (χ3n) is 3.87. The van der Waals surface area contributed by atoms with E-state index in [1.807, 2.05) is 0 Å². The lowest BCUT2D eigenvalue weighted by Gasteiger charge is -2.26. The standard InChI is InChI=1S/C16H29NO2/c1-5-7-9-10-12-16(3,11-8-6-2)15-17-14(18-4)13-19-15/h13H,5-12H2,1-4H3. The van der Waals surface area contributed by atoms with Gasteiger partial charge in [0, 0.05) is 5.41 Å². The van der Waals surface area contributed by atoms with E-state index >= 15 is 0 Å². The monoisotopic (exact) mass is 267 g/mol. The molecule has 1 atom stereocenters. The van der Waals surface area contributed by atoms with Crippen LogP contribution in [-0.2, 0) is 5.41 Å². The minimum absolute atomic E-state index is 0.0561. The van der Waals surface area contributed by atoms with Gasteiger partial charge in [-0.15, -0.1) is 0 Å². The summed E-state index contributed by atoms with van der Waals surface area (Å²) in [6.45, 7) is 6.75. The van der Waals surface area contributed by atoms with Gasteiger partial charge < -0.3 is 9.15 Å². The Hall–Kier alpha value is -0.990. The van der Waals surface area contributed by atoms with Crippen molar-refractivity contribution in [3.8, 4) is 5.88 Å². The van der Waals surface area contributed by atoms with Crippen molar-refractivity contribution in [1.29, 1.82) is 0 Å². The third kappa shape index (κ3) is 4.88. The highest BCUT2D eigenvalue weighted by Crippen LogP contribution is 2.35. The Balaban J connectivity index is 2.67. The van der Waals surface area contributed by atoms with Gasteiger partial charge in [0.1, 0.15) is 0 Å². The van der Waals surface area contributed by atoms with Crippen LogP contribution >= 0.6 is 0 Å². The van der Waals surface area contributed by atoms with Crippen molar-refractivity contribution in [2.75, 3.05) is 7.11 Å². The van der Waals surface area contributed by atoms with Gasteiger partial charge in [0.25, 0.3) is 5.88 Å². The number of nitrogens with zero attached hydrogens (tertiary/aromatic N) is 1. The second-order valence-corrected chi connectivity index (χ2v) is 5.67. The molecule has 0 bridgehead atoms. The van der Waals surface area contributed by atoms with Crippen LogP contribution in [0.3, 0.4) is 0 Å². The van der Waals surface area contributed by atoms with Crippen LogP contribution in [0.1, 0.15) is 78.0 Å². The molecule has 0 saturated heterocycles. The summed E-state index contributed by atoms with van der Waals surface area (Å²) >= 11 is 0. The fourth-order valence-corrected chi connectivity index (χ4v) is 2.48. The van der Waals surface area contributed by atoms with E-state index in [0.717, 1.165) is 18.7 Å². The number of ether oxygens (including phenoxy) is 1. The van der Waals surface area contributed by atoms with Gasteiger partial charge in [-0.25, -0.2) is 0 Å². The van der Waals surface area contributed by atoms with E-state index in [2.05, 4.69) is 25.8 Å². The number of unbranched alkanes of at least 4 members (excludes halogenated alkanes) is 4. The van der Waals surface area contributed by atoms with Crippen LogP contribution in [0.5, 0.6) is 5.88 Å². The summed E-state index contributed by atoms with van der Waals surface area (Å²) in [7, 11) is 1.63. The molecule has 19 heavy (non-hydrogen) atoms. The minimum Gasteiger partial charge on any atom is -0.479 e. The second kappa shape index (κ2) is 8.23. The molecule has 0 spiro atoms. The molecule has 1 rings (SSSR count). The molecule has 1 unspecified atom stereocenters. The number of hydrogen-bond donors (Lipinski definition) is 0. The second-order valence-electron chi connectivity index (χ2n) is 5.67. The molecule has 0 radical (unpaired) electrons. The number of rotatable bonds is 10. The molecule has 0 aliphatic heterocycles. The quantitative estimate of drug-likeness (QED) is 0.553. The molecule has 0 aromatic carbocycles. The molecule has 3 nitrogen and oxygen atoms in total. The van der Waals surface area contributed by atoms with E-state index in [1.165, 1.54) is 38.5 Å². The van der Waals surface area contributed by atoms with Crippen LogP contribution in [0.2, 0.25) is 0 Å². The maximum absolute atomic E-state index is 5.64. The van der Waals surface area contributed by atoms with Crippen LogP contribution in [0.25, 0.3) is 0 Å². The third-order valence-corrected chi connectivity index (χ3v) is 3.87. The Labute approximate surface area is 117 Å². The van der Waals surface area contributed by atoms with Crippen LogP contribution in [0.4, 0.5) is 0 Å². The van der Waals surface area contributed by atoms with Crippen molar-refractivity contribution in [3.05, 3.63) is 12.2 Å². The van der Waals surface area contributed by atoms with Crippen molar-refractivity contribution in [1.82, 2.24) is 4.98 Å². The molecule has 1 aromatic heterocycles. The van der Waals surface area contributed by atoms with Crippen molar-refractivity contribution in [2.45, 2.75) is 77.6 Å². The summed E-state index contributed by atoms with van der Waals surface area (Å²) in [4.78, 5) is 4.46. The normalized spacial score (nSPS) is 14.3. The lowest BCUT2D eigenvalue weighted by molar-refractivity contribution is 0.289. The average molecular weight is 267 g/mol. The van der Waals surface area contributed by atoms with Gasteiger partial charge in [-0.1, -0.05) is 59.3 Å². The smallest absolute Gasteiger partial charge is 0.252 e. The van der Waals surface area contributed by atoms with E-state index in [4.69, 9.17) is 9.15 Å². The largest absolute Gasteiger partial charge is 0.479 e. The average Bonchev–Trinajstić information content (AvgIpc) is 2.91. The van der Waals surface area contributed by atoms with Gasteiger partial charge in [-0.2, -0.15) is 4.98 Å². The lowest BCUT2D eigenvalue weighted by Crippen LogP contribution is -2.22. The SMILES string of the molecule is CCCCCCC(C)(CCCC)c1nc(OC)co1. The number of oxazole rings is 1. The summed E-state index contributed by atoms with van der Waals surface area (Å²) in [5.41, 5.74) is 0.0561. The van der Waals surface area contributed by atoms with E-state index in [9.17, 15) is 0 Å². The maximum Gasteiger partial charge on any atom is 0.252 e. The fourth-order valence-electron chi connectivity index (χ4n) is 2.48. The van der Waals surface area contributed by atoms with Gasteiger partial charge in [0.05, 0.1) is 7.11 Å². The minimum atomic E-state index is 0.0561. The summed E-state index contributed by atoms with van der Waals surface area (Å²) < 4.78 is 10.8. The Morgan fingerprint density at radius 2 is 1.79 bits per heavy atom. The first-order valence-electron chi connectivity index (χ1n) is 7.66. The van der Waals surface area contributed by atoms with E-state index < -0.39 is 0 Å². The first-order valence-corrected chi connectivity index (χ1v) is 7.66. The van der Waals surface area contributed by atoms with Crippen molar-refractivity contribution in [3.63, 3.8) is 0 Å². The van der Waals surface area contributed by atoms with Gasteiger partial charge in [-0.3, -0.25) is 0 Å². The van der Waals surface area contributed by atoms with Crippen molar-refractivity contribution < 1.29 is 9.15 Å². The highest BCUT2D eigenvalue weighted by molar-refractivity contribution is 5.10. The highest BCUT2D eigenvalue weighted by atomic mass is 16.5. The summed E-state index contributed by atoms with van der Waals surface area (Å²) in [6, 6.07) is 0. The van der Waals surface area contributed by atoms with E-state index in [-0.39, 0.29) is 5.41 Å². The Bertz CT molecular complexity index is 348. The zero-order valence-electron chi connectivity index (χ0n) is 13.0. The molecule has 0 fully saturated rings. The molecule has 3 heteroatoms. The topological polar surface area (TPSA) is 35.3 Å². The number of hydrogen-bond acceptors (Lipinski definition) is 3. The van der Waals surface area contributed by atoms with E-state index in [0.29, 0.717) is 5.88 Å². The van der Waals surface area contributed by atoms with Gasteiger partial charge in [-0.05, 0) is 12.8 Å². The van der Waals surface area contributed by atoms with Crippen molar-refractivity contribution in [2.24, 2.45) is 0 Å². The summed E-state index contributed by atoms with van der Waals surface area (Å²) in [5.74, 6) is 1.43. The Kier molecular flexibility index (Phi) is 6.96. The molecule has 0 saturated carbocycles. The summed E-state index contributed by atoms with van der Waals surface area (Å²) in [5, 5.41) is 0. The molecule has 0 amide bonds. The predicted molar refractivity (Wildman–Crippen MR) is 78.7 cm³/mol. The van der Waals surface area contributed by atoms with Gasteiger partial charge in [0.2, 0.25) is 5.89 Å². The molecule has 0 aliphatic rings. The van der Waals surface area contributed by atoms with Crippen LogP contribution in [0, 0.1) is 0 Å². The van der Waals surface area contributed by atoms with Crippen LogP contribution < -0.4 is 4.74 Å². The van der Waals surface area contributed by atoms with Crippen molar-refractivity contribution >= 4 is 0 Å². The number of aromatic nitrogens is 1. The fraction of sp³-hybridized carbons (Fsp3) is 0.812. The lowest BCUT2D eigenvalue weighted by atomic mass is 9.80. The zero-order valence-corrected chi connectivity index (χ0v) is 13.0. The zero-order chi connectivity index (χ0) is 14.1. The van der Waals surface area contributed by atoms with Crippen LogP contribution in [-0.4, -0.2) is 12.1 Å². The molecule has 0 aliphatic carbocycles. The highest BCUT2D eigenvalue weighted by Gasteiger charge is 2.31. The van der Waals surface area contributed by atoms with Crippen LogP contribution in [0.15, 0.2) is 10.7 Å². The molecule has 1 aromatic rings. The molecular weight excluding hydrogens is 238 g/mol. The van der Waals surface area contributed by atoms with Gasteiger partial charge >= 0.3 is 0 Å². The maximum atomic E-state index is 5.64. The molecule has 110 valence electrons. The predicted octanol–water partition coefficient (Wildman–Crippen LogP) is 5.10. The first-order chi connectivity index (χ1) is 9.16. The number of methoxy groups -OCH3 is 1. The molecule has 1 heterocycles. The molecule has 0 N–H and O–H groups in total. The Morgan fingerprint density at radius 3 is 2.37 bits per heavy atom. The first kappa shape index (κ1) is 16.1. The Morgan fingerprint density at radius 1 is 1.11 bits per heavy atom. The van der Waals surface area contributed by atoms with E-state index in [1.54, 1.807) is 13.4 Å².